The molecule has 0 radical (unpaired) electrons. The molecule has 108 valence electrons. The first kappa shape index (κ1) is 14.5. The Morgan fingerprint density at radius 3 is 2.80 bits per heavy atom. The minimum atomic E-state index is -0.380. The molecule has 2 N–H and O–H groups in total. The molecule has 0 fully saturated rings. The van der Waals surface area contributed by atoms with Crippen molar-refractivity contribution >= 4 is 0 Å². The number of nitrogens with zero attached hydrogens (tertiary/aromatic N) is 2. The fraction of sp³-hybridized carbons (Fsp3) is 0.400. The van der Waals surface area contributed by atoms with Gasteiger partial charge in [-0.3, -0.25) is 4.68 Å². The Kier molecular flexibility index (Phi) is 4.74. The van der Waals surface area contributed by atoms with Gasteiger partial charge >= 0.3 is 0 Å². The highest BCUT2D eigenvalue weighted by Gasteiger charge is 2.09. The van der Waals surface area contributed by atoms with Crippen LogP contribution < -0.4 is 10.5 Å². The summed E-state index contributed by atoms with van der Waals surface area (Å²) in [6, 6.07) is 5.02. The first-order valence-corrected chi connectivity index (χ1v) is 6.86. The van der Waals surface area contributed by atoms with Crippen molar-refractivity contribution in [3.05, 3.63) is 42.0 Å². The van der Waals surface area contributed by atoms with Crippen LogP contribution in [0, 0.1) is 5.82 Å². The highest BCUT2D eigenvalue weighted by molar-refractivity contribution is 5.33. The summed E-state index contributed by atoms with van der Waals surface area (Å²) < 4.78 is 21.2. The Labute approximate surface area is 118 Å². The van der Waals surface area contributed by atoms with Crippen LogP contribution in [0.15, 0.2) is 30.6 Å². The summed E-state index contributed by atoms with van der Waals surface area (Å²) in [6.45, 7) is 4.74. The predicted molar refractivity (Wildman–Crippen MR) is 76.3 cm³/mol. The third-order valence-electron chi connectivity index (χ3n) is 3.18. The van der Waals surface area contributed by atoms with Crippen LogP contribution in [0.3, 0.4) is 0 Å². The summed E-state index contributed by atoms with van der Waals surface area (Å²) >= 11 is 0. The van der Waals surface area contributed by atoms with Crippen molar-refractivity contribution in [2.45, 2.75) is 39.3 Å². The van der Waals surface area contributed by atoms with Gasteiger partial charge in [0.2, 0.25) is 0 Å². The van der Waals surface area contributed by atoms with E-state index in [1.165, 1.54) is 6.07 Å². The summed E-state index contributed by atoms with van der Waals surface area (Å²) in [5.41, 5.74) is 6.75. The number of hydrogen-bond donors (Lipinski definition) is 1. The zero-order chi connectivity index (χ0) is 14.5. The summed E-state index contributed by atoms with van der Waals surface area (Å²) in [4.78, 5) is 0. The molecule has 1 atom stereocenters. The monoisotopic (exact) mass is 277 g/mol. The lowest BCUT2D eigenvalue weighted by atomic mass is 10.0. The number of aromatic nitrogens is 2. The molecule has 2 aromatic rings. The van der Waals surface area contributed by atoms with Gasteiger partial charge in [-0.25, -0.2) is 4.39 Å². The summed E-state index contributed by atoms with van der Waals surface area (Å²) in [6.07, 6.45) is 4.85. The van der Waals surface area contributed by atoms with Crippen molar-refractivity contribution in [1.82, 2.24) is 9.78 Å². The van der Waals surface area contributed by atoms with Gasteiger partial charge < -0.3 is 10.5 Å². The number of benzene rings is 1. The van der Waals surface area contributed by atoms with Crippen LogP contribution in [0.25, 0.3) is 0 Å². The van der Waals surface area contributed by atoms with Crippen molar-refractivity contribution in [2.75, 3.05) is 0 Å². The molecule has 0 aliphatic carbocycles. The first-order valence-electron chi connectivity index (χ1n) is 6.86. The molecule has 2 rings (SSSR count). The molecule has 0 saturated carbocycles. The van der Waals surface area contributed by atoms with Gasteiger partial charge in [0.05, 0.1) is 12.4 Å². The molecule has 0 aliphatic heterocycles. The summed E-state index contributed by atoms with van der Waals surface area (Å²) in [7, 11) is 0. The van der Waals surface area contributed by atoms with E-state index in [9.17, 15) is 4.39 Å². The minimum absolute atomic E-state index is 0.0592. The van der Waals surface area contributed by atoms with E-state index in [2.05, 4.69) is 5.10 Å². The van der Waals surface area contributed by atoms with Crippen LogP contribution >= 0.6 is 0 Å². The molecule has 1 aromatic carbocycles. The second-order valence-corrected chi connectivity index (χ2v) is 4.77. The molecular formula is C15H20FN3O. The quantitative estimate of drug-likeness (QED) is 0.882. The second-order valence-electron chi connectivity index (χ2n) is 4.77. The van der Waals surface area contributed by atoms with Gasteiger partial charge in [0.1, 0.15) is 0 Å². The fourth-order valence-corrected chi connectivity index (χ4v) is 1.90. The average Bonchev–Trinajstić information content (AvgIpc) is 2.89. The van der Waals surface area contributed by atoms with Gasteiger partial charge in [-0.2, -0.15) is 5.10 Å². The SMILES string of the molecule is CCC(N)Cc1ccc(Oc2cnn(CC)c2)c(F)c1. The summed E-state index contributed by atoms with van der Waals surface area (Å²) in [5, 5.41) is 4.08. The maximum Gasteiger partial charge on any atom is 0.165 e. The maximum absolute atomic E-state index is 14.0. The van der Waals surface area contributed by atoms with E-state index < -0.39 is 0 Å². The number of ether oxygens (including phenoxy) is 1. The van der Waals surface area contributed by atoms with Crippen LogP contribution in [0.4, 0.5) is 4.39 Å². The van der Waals surface area contributed by atoms with E-state index in [1.54, 1.807) is 23.1 Å². The van der Waals surface area contributed by atoms with Gasteiger partial charge in [0.25, 0.3) is 0 Å². The van der Waals surface area contributed by atoms with Crippen molar-refractivity contribution in [3.63, 3.8) is 0 Å². The molecule has 1 heterocycles. The van der Waals surface area contributed by atoms with Crippen LogP contribution in [0.2, 0.25) is 0 Å². The Morgan fingerprint density at radius 2 is 2.20 bits per heavy atom. The maximum atomic E-state index is 14.0. The number of rotatable bonds is 6. The molecule has 4 nitrogen and oxygen atoms in total. The van der Waals surface area contributed by atoms with E-state index in [1.807, 2.05) is 19.9 Å². The molecule has 20 heavy (non-hydrogen) atoms. The Bertz CT molecular complexity index is 568. The molecule has 0 amide bonds. The molecule has 0 spiro atoms. The van der Waals surface area contributed by atoms with E-state index >= 15 is 0 Å². The Hall–Kier alpha value is -1.88. The molecule has 1 aromatic heterocycles. The van der Waals surface area contributed by atoms with Crippen LogP contribution in [0.1, 0.15) is 25.8 Å². The van der Waals surface area contributed by atoms with E-state index in [0.717, 1.165) is 18.5 Å². The zero-order valence-corrected chi connectivity index (χ0v) is 11.8. The van der Waals surface area contributed by atoms with Gasteiger partial charge in [-0.05, 0) is 37.5 Å². The fourth-order valence-electron chi connectivity index (χ4n) is 1.90. The van der Waals surface area contributed by atoms with E-state index in [0.29, 0.717) is 12.2 Å². The lowest BCUT2D eigenvalue weighted by Gasteiger charge is -2.10. The van der Waals surface area contributed by atoms with Crippen LogP contribution in [-0.2, 0) is 13.0 Å². The third kappa shape index (κ3) is 3.57. The number of halogens is 1. The van der Waals surface area contributed by atoms with Crippen LogP contribution in [-0.4, -0.2) is 15.8 Å². The molecule has 1 unspecified atom stereocenters. The van der Waals surface area contributed by atoms with Gasteiger partial charge in [-0.1, -0.05) is 13.0 Å². The van der Waals surface area contributed by atoms with Gasteiger partial charge in [0.15, 0.2) is 17.3 Å². The minimum Gasteiger partial charge on any atom is -0.451 e. The topological polar surface area (TPSA) is 53.1 Å². The third-order valence-corrected chi connectivity index (χ3v) is 3.18. The summed E-state index contributed by atoms with van der Waals surface area (Å²) in [5.74, 6) is 0.355. The number of hydrogen-bond acceptors (Lipinski definition) is 3. The lowest BCUT2D eigenvalue weighted by Crippen LogP contribution is -2.21. The van der Waals surface area contributed by atoms with E-state index in [4.69, 9.17) is 10.5 Å². The van der Waals surface area contributed by atoms with Crippen molar-refractivity contribution in [1.29, 1.82) is 0 Å². The number of aryl methyl sites for hydroxylation is 1. The van der Waals surface area contributed by atoms with Gasteiger partial charge in [0, 0.05) is 12.6 Å². The number of nitrogens with two attached hydrogens (primary N) is 1. The molecular weight excluding hydrogens is 257 g/mol. The standard InChI is InChI=1S/C15H20FN3O/c1-3-12(17)7-11-5-6-15(14(16)8-11)20-13-9-18-19(4-2)10-13/h5-6,8-10,12H,3-4,7,17H2,1-2H3. The second kappa shape index (κ2) is 6.52. The molecule has 5 heteroatoms. The smallest absolute Gasteiger partial charge is 0.165 e. The molecule has 0 saturated heterocycles. The predicted octanol–water partition coefficient (Wildman–Crippen LogP) is 3.11. The van der Waals surface area contributed by atoms with Crippen molar-refractivity contribution in [2.24, 2.45) is 5.73 Å². The average molecular weight is 277 g/mol. The largest absolute Gasteiger partial charge is 0.451 e. The lowest BCUT2D eigenvalue weighted by molar-refractivity contribution is 0.440. The van der Waals surface area contributed by atoms with Crippen LogP contribution in [0.5, 0.6) is 11.5 Å². The van der Waals surface area contributed by atoms with Crippen molar-refractivity contribution in [3.8, 4) is 11.5 Å². The Morgan fingerprint density at radius 1 is 1.40 bits per heavy atom. The Balaban J connectivity index is 2.09. The molecule has 0 aliphatic rings. The zero-order valence-electron chi connectivity index (χ0n) is 11.8. The highest BCUT2D eigenvalue weighted by atomic mass is 19.1. The van der Waals surface area contributed by atoms with E-state index in [-0.39, 0.29) is 17.6 Å². The highest BCUT2D eigenvalue weighted by Crippen LogP contribution is 2.25. The first-order chi connectivity index (χ1) is 9.62. The normalized spacial score (nSPS) is 12.4. The van der Waals surface area contributed by atoms with Gasteiger partial charge in [-0.15, -0.1) is 0 Å². The molecule has 0 bridgehead atoms. The van der Waals surface area contributed by atoms with Crippen molar-refractivity contribution < 1.29 is 9.13 Å².